The van der Waals surface area contributed by atoms with E-state index in [0.717, 1.165) is 15.8 Å². The van der Waals surface area contributed by atoms with Gasteiger partial charge in [0.2, 0.25) is 0 Å². The van der Waals surface area contributed by atoms with E-state index >= 15 is 0 Å². The van der Waals surface area contributed by atoms with Gasteiger partial charge in [0.05, 0.1) is 17.6 Å². The number of benzene rings is 2. The molecule has 0 fully saturated rings. The van der Waals surface area contributed by atoms with Crippen LogP contribution in [0.25, 0.3) is 0 Å². The van der Waals surface area contributed by atoms with Gasteiger partial charge in [-0.1, -0.05) is 24.6 Å². The molecule has 1 N–H and O–H groups in total. The fourth-order valence-electron chi connectivity index (χ4n) is 2.21. The lowest BCUT2D eigenvalue weighted by atomic mass is 9.98. The summed E-state index contributed by atoms with van der Waals surface area (Å²) in [5.74, 6) is 0.456. The second-order valence-corrected chi connectivity index (χ2v) is 5.84. The van der Waals surface area contributed by atoms with Crippen molar-refractivity contribution in [2.75, 3.05) is 13.7 Å². The maximum atomic E-state index is 14.1. The maximum Gasteiger partial charge on any atom is 0.133 e. The highest BCUT2D eigenvalue weighted by Crippen LogP contribution is 2.32. The fourth-order valence-corrected chi connectivity index (χ4v) is 2.95. The molecule has 0 saturated heterocycles. The minimum Gasteiger partial charge on any atom is -0.496 e. The monoisotopic (exact) mass is 371 g/mol. The van der Waals surface area contributed by atoms with Crippen LogP contribution < -0.4 is 10.1 Å². The van der Waals surface area contributed by atoms with Gasteiger partial charge in [-0.25, -0.2) is 4.39 Å². The predicted octanol–water partition coefficient (Wildman–Crippen LogP) is 4.95. The van der Waals surface area contributed by atoms with Crippen LogP contribution in [0, 0.1) is 5.82 Å². The van der Waals surface area contributed by atoms with Crippen molar-refractivity contribution in [3.05, 3.63) is 62.8 Å². The van der Waals surface area contributed by atoms with E-state index in [2.05, 4.69) is 21.2 Å². The van der Waals surface area contributed by atoms with Gasteiger partial charge >= 0.3 is 0 Å². The lowest BCUT2D eigenvalue weighted by molar-refractivity contribution is 0.411. The Kier molecular flexibility index (Phi) is 5.62. The van der Waals surface area contributed by atoms with Crippen LogP contribution in [-0.2, 0) is 0 Å². The van der Waals surface area contributed by atoms with Crippen molar-refractivity contribution in [3.8, 4) is 5.75 Å². The van der Waals surface area contributed by atoms with Crippen molar-refractivity contribution in [2.24, 2.45) is 0 Å². The Hall–Kier alpha value is -1.10. The minimum atomic E-state index is -0.280. The molecule has 0 radical (unpaired) electrons. The lowest BCUT2D eigenvalue weighted by Gasteiger charge is -2.20. The van der Waals surface area contributed by atoms with Crippen LogP contribution in [0.2, 0.25) is 5.02 Å². The van der Waals surface area contributed by atoms with Gasteiger partial charge in [-0.3, -0.25) is 0 Å². The normalized spacial score (nSPS) is 12.2. The van der Waals surface area contributed by atoms with E-state index in [0.29, 0.717) is 17.1 Å². The highest BCUT2D eigenvalue weighted by Gasteiger charge is 2.18. The van der Waals surface area contributed by atoms with Crippen LogP contribution in [0.15, 0.2) is 40.9 Å². The molecule has 112 valence electrons. The minimum absolute atomic E-state index is 0.268. The summed E-state index contributed by atoms with van der Waals surface area (Å²) >= 11 is 9.46. The van der Waals surface area contributed by atoms with Gasteiger partial charge < -0.3 is 10.1 Å². The largest absolute Gasteiger partial charge is 0.496 e. The van der Waals surface area contributed by atoms with Crippen LogP contribution in [0.4, 0.5) is 4.39 Å². The first kappa shape index (κ1) is 16.3. The molecule has 1 atom stereocenters. The van der Waals surface area contributed by atoms with Crippen molar-refractivity contribution in [1.29, 1.82) is 0 Å². The number of methoxy groups -OCH3 is 1. The molecule has 2 nitrogen and oxygen atoms in total. The summed E-state index contributed by atoms with van der Waals surface area (Å²) in [4.78, 5) is 0. The second-order valence-electron chi connectivity index (χ2n) is 4.55. The highest BCUT2D eigenvalue weighted by molar-refractivity contribution is 9.10. The molecule has 2 rings (SSSR count). The summed E-state index contributed by atoms with van der Waals surface area (Å²) in [7, 11) is 1.61. The molecule has 0 spiro atoms. The molecule has 0 saturated carbocycles. The van der Waals surface area contributed by atoms with E-state index in [9.17, 15) is 4.39 Å². The third kappa shape index (κ3) is 3.76. The zero-order valence-electron chi connectivity index (χ0n) is 11.8. The van der Waals surface area contributed by atoms with E-state index in [4.69, 9.17) is 16.3 Å². The summed E-state index contributed by atoms with van der Waals surface area (Å²) in [6.45, 7) is 2.69. The molecule has 2 aromatic carbocycles. The van der Waals surface area contributed by atoms with Crippen LogP contribution in [0.5, 0.6) is 5.75 Å². The number of hydrogen-bond acceptors (Lipinski definition) is 2. The molecule has 0 aliphatic carbocycles. The predicted molar refractivity (Wildman–Crippen MR) is 87.6 cm³/mol. The summed E-state index contributed by atoms with van der Waals surface area (Å²) in [5, 5.41) is 3.80. The Labute approximate surface area is 137 Å². The number of ether oxygens (including phenoxy) is 1. The van der Waals surface area contributed by atoms with Crippen molar-refractivity contribution in [1.82, 2.24) is 5.32 Å². The van der Waals surface area contributed by atoms with Crippen molar-refractivity contribution in [2.45, 2.75) is 13.0 Å². The molecule has 1 unspecified atom stereocenters. The number of hydrogen-bond donors (Lipinski definition) is 1. The smallest absolute Gasteiger partial charge is 0.133 e. The molecule has 0 amide bonds. The van der Waals surface area contributed by atoms with Crippen molar-refractivity contribution < 1.29 is 9.13 Å². The van der Waals surface area contributed by atoms with Crippen LogP contribution in [0.3, 0.4) is 0 Å². The molecule has 21 heavy (non-hydrogen) atoms. The topological polar surface area (TPSA) is 21.3 Å². The molecule has 2 aromatic rings. The van der Waals surface area contributed by atoms with Gasteiger partial charge in [-0.05, 0) is 58.4 Å². The molecule has 0 heterocycles. The third-order valence-electron chi connectivity index (χ3n) is 3.19. The zero-order chi connectivity index (χ0) is 15.4. The molecule has 5 heteroatoms. The molecule has 0 bridgehead atoms. The van der Waals surface area contributed by atoms with Gasteiger partial charge in [-0.15, -0.1) is 0 Å². The molecular weight excluding hydrogens is 357 g/mol. The number of rotatable bonds is 5. The van der Waals surface area contributed by atoms with E-state index in [-0.39, 0.29) is 11.9 Å². The summed E-state index contributed by atoms with van der Waals surface area (Å²) in [6, 6.07) is 10.0. The van der Waals surface area contributed by atoms with Crippen LogP contribution in [-0.4, -0.2) is 13.7 Å². The van der Waals surface area contributed by atoms with Crippen molar-refractivity contribution >= 4 is 27.5 Å². The van der Waals surface area contributed by atoms with E-state index in [1.165, 1.54) is 6.07 Å². The Balaban J connectivity index is 2.48. The Bertz CT molecular complexity index is 636. The molecule has 0 aromatic heterocycles. The quantitative estimate of drug-likeness (QED) is 0.802. The number of nitrogens with one attached hydrogen (secondary N) is 1. The SMILES string of the molecule is CCNC(c1ccc(OC)c(Br)c1)c1cc(Cl)ccc1F. The Morgan fingerprint density at radius 2 is 2.05 bits per heavy atom. The first-order valence-electron chi connectivity index (χ1n) is 6.58. The maximum absolute atomic E-state index is 14.1. The fraction of sp³-hybridized carbons (Fsp3) is 0.250. The first-order chi connectivity index (χ1) is 10.1. The van der Waals surface area contributed by atoms with Gasteiger partial charge in [-0.2, -0.15) is 0 Å². The van der Waals surface area contributed by atoms with Crippen molar-refractivity contribution in [3.63, 3.8) is 0 Å². The van der Waals surface area contributed by atoms with E-state index in [1.54, 1.807) is 19.2 Å². The van der Waals surface area contributed by atoms with Gasteiger partial charge in [0, 0.05) is 10.6 Å². The average Bonchev–Trinajstić information content (AvgIpc) is 2.47. The van der Waals surface area contributed by atoms with Crippen LogP contribution >= 0.6 is 27.5 Å². The Morgan fingerprint density at radius 3 is 2.67 bits per heavy atom. The standard InChI is InChI=1S/C16H16BrClFNO/c1-3-20-16(12-9-11(18)5-6-14(12)19)10-4-7-15(21-2)13(17)8-10/h4-9,16,20H,3H2,1-2H3. The molecular formula is C16H16BrClFNO. The first-order valence-corrected chi connectivity index (χ1v) is 7.75. The summed E-state index contributed by atoms with van der Waals surface area (Å²) in [6.07, 6.45) is 0. The van der Waals surface area contributed by atoms with Gasteiger partial charge in [0.1, 0.15) is 11.6 Å². The van der Waals surface area contributed by atoms with Gasteiger partial charge in [0.25, 0.3) is 0 Å². The van der Waals surface area contributed by atoms with Gasteiger partial charge in [0.15, 0.2) is 0 Å². The average molecular weight is 373 g/mol. The number of halogens is 3. The highest BCUT2D eigenvalue weighted by atomic mass is 79.9. The molecule has 0 aliphatic rings. The van der Waals surface area contributed by atoms with E-state index in [1.807, 2.05) is 25.1 Å². The summed E-state index contributed by atoms with van der Waals surface area (Å²) < 4.78 is 20.2. The summed E-state index contributed by atoms with van der Waals surface area (Å²) in [5.41, 5.74) is 1.46. The molecule has 0 aliphatic heterocycles. The zero-order valence-corrected chi connectivity index (χ0v) is 14.1. The second kappa shape index (κ2) is 7.25. The third-order valence-corrected chi connectivity index (χ3v) is 4.04. The van der Waals surface area contributed by atoms with Crippen LogP contribution in [0.1, 0.15) is 24.1 Å². The van der Waals surface area contributed by atoms with E-state index < -0.39 is 0 Å². The Morgan fingerprint density at radius 1 is 1.29 bits per heavy atom. The lowest BCUT2D eigenvalue weighted by Crippen LogP contribution is -2.23.